The monoisotopic (exact) mass is 190 g/mol. The normalized spacial score (nSPS) is 11.5. The maximum absolute atomic E-state index is 11.0. The third-order valence-electron chi connectivity index (χ3n) is 1.82. The number of ether oxygens (including phenoxy) is 1. The SMILES string of the molecule is C#Cc1ccc(C(O)C(=O)OC)cc1. The Bertz CT molecular complexity index is 359. The number of carbonyl (C=O) groups is 1. The average Bonchev–Trinajstić information content (AvgIpc) is 2.27. The third-order valence-corrected chi connectivity index (χ3v) is 1.82. The molecule has 0 aliphatic heterocycles. The molecule has 0 bridgehead atoms. The van der Waals surface area contributed by atoms with Gasteiger partial charge in [0.25, 0.3) is 0 Å². The van der Waals surface area contributed by atoms with E-state index < -0.39 is 12.1 Å². The molecule has 1 unspecified atom stereocenters. The lowest BCUT2D eigenvalue weighted by Gasteiger charge is -2.07. The van der Waals surface area contributed by atoms with Crippen molar-refractivity contribution in [2.24, 2.45) is 0 Å². The molecular formula is C11H10O3. The van der Waals surface area contributed by atoms with Crippen molar-refractivity contribution in [3.8, 4) is 12.3 Å². The molecule has 0 saturated carbocycles. The van der Waals surface area contributed by atoms with E-state index in [0.717, 1.165) is 0 Å². The quantitative estimate of drug-likeness (QED) is 0.556. The summed E-state index contributed by atoms with van der Waals surface area (Å²) in [6.07, 6.45) is 3.91. The van der Waals surface area contributed by atoms with Gasteiger partial charge in [-0.2, -0.15) is 0 Å². The van der Waals surface area contributed by atoms with Gasteiger partial charge in [0.2, 0.25) is 0 Å². The molecule has 3 heteroatoms. The van der Waals surface area contributed by atoms with E-state index in [1.807, 2.05) is 0 Å². The molecular weight excluding hydrogens is 180 g/mol. The minimum absolute atomic E-state index is 0.468. The number of carbonyl (C=O) groups excluding carboxylic acids is 1. The Morgan fingerprint density at radius 1 is 1.50 bits per heavy atom. The molecule has 0 aliphatic rings. The van der Waals surface area contributed by atoms with Crippen molar-refractivity contribution >= 4 is 5.97 Å². The van der Waals surface area contributed by atoms with Crippen LogP contribution in [-0.2, 0) is 9.53 Å². The van der Waals surface area contributed by atoms with Crippen LogP contribution in [-0.4, -0.2) is 18.2 Å². The van der Waals surface area contributed by atoms with E-state index >= 15 is 0 Å². The van der Waals surface area contributed by atoms with Crippen molar-refractivity contribution in [2.45, 2.75) is 6.10 Å². The highest BCUT2D eigenvalue weighted by atomic mass is 16.5. The number of hydrogen-bond acceptors (Lipinski definition) is 3. The first-order chi connectivity index (χ1) is 6.69. The van der Waals surface area contributed by atoms with Gasteiger partial charge in [-0.15, -0.1) is 6.42 Å². The Balaban J connectivity index is 2.88. The second-order valence-electron chi connectivity index (χ2n) is 2.69. The van der Waals surface area contributed by atoms with Crippen molar-refractivity contribution in [1.29, 1.82) is 0 Å². The first kappa shape index (κ1) is 10.3. The topological polar surface area (TPSA) is 46.5 Å². The van der Waals surface area contributed by atoms with Crippen LogP contribution in [0.25, 0.3) is 0 Å². The number of hydrogen-bond donors (Lipinski definition) is 1. The van der Waals surface area contributed by atoms with E-state index in [1.54, 1.807) is 24.3 Å². The lowest BCUT2D eigenvalue weighted by Crippen LogP contribution is -2.13. The molecule has 0 spiro atoms. The summed E-state index contributed by atoms with van der Waals surface area (Å²) in [5, 5.41) is 9.43. The summed E-state index contributed by atoms with van der Waals surface area (Å²) < 4.78 is 4.39. The van der Waals surface area contributed by atoms with Gasteiger partial charge in [0.05, 0.1) is 7.11 Å². The fraction of sp³-hybridized carbons (Fsp3) is 0.182. The molecule has 0 radical (unpaired) electrons. The number of aliphatic hydroxyl groups is 1. The van der Waals surface area contributed by atoms with Gasteiger partial charge < -0.3 is 9.84 Å². The van der Waals surface area contributed by atoms with E-state index in [1.165, 1.54) is 7.11 Å². The summed E-state index contributed by atoms with van der Waals surface area (Å²) in [7, 11) is 1.22. The molecule has 1 atom stereocenters. The zero-order chi connectivity index (χ0) is 10.6. The van der Waals surface area contributed by atoms with Crippen LogP contribution in [0.3, 0.4) is 0 Å². The van der Waals surface area contributed by atoms with Crippen LogP contribution in [0.1, 0.15) is 17.2 Å². The molecule has 1 N–H and O–H groups in total. The fourth-order valence-corrected chi connectivity index (χ4v) is 1.01. The molecule has 0 amide bonds. The summed E-state index contributed by atoms with van der Waals surface area (Å²) in [6.45, 7) is 0. The predicted molar refractivity (Wildman–Crippen MR) is 51.4 cm³/mol. The molecule has 0 saturated heterocycles. The number of aliphatic hydroxyl groups excluding tert-OH is 1. The van der Waals surface area contributed by atoms with Crippen molar-refractivity contribution < 1.29 is 14.6 Å². The molecule has 0 aromatic heterocycles. The van der Waals surface area contributed by atoms with Gasteiger partial charge in [0, 0.05) is 5.56 Å². The Hall–Kier alpha value is -1.79. The smallest absolute Gasteiger partial charge is 0.339 e. The van der Waals surface area contributed by atoms with E-state index in [0.29, 0.717) is 11.1 Å². The molecule has 14 heavy (non-hydrogen) atoms. The standard InChI is InChI=1S/C11H10O3/c1-3-8-4-6-9(7-5-8)10(12)11(13)14-2/h1,4-7,10,12H,2H3. The van der Waals surface area contributed by atoms with Gasteiger partial charge in [-0.3, -0.25) is 0 Å². The van der Waals surface area contributed by atoms with E-state index in [2.05, 4.69) is 10.7 Å². The van der Waals surface area contributed by atoms with E-state index in [-0.39, 0.29) is 0 Å². The highest BCUT2D eigenvalue weighted by molar-refractivity contribution is 5.76. The zero-order valence-electron chi connectivity index (χ0n) is 7.73. The molecule has 1 aromatic carbocycles. The number of benzene rings is 1. The zero-order valence-corrected chi connectivity index (χ0v) is 7.73. The number of terminal acetylenes is 1. The number of rotatable bonds is 2. The Kier molecular flexibility index (Phi) is 3.27. The van der Waals surface area contributed by atoms with Crippen LogP contribution in [0, 0.1) is 12.3 Å². The molecule has 1 aromatic rings. The van der Waals surface area contributed by atoms with Gasteiger partial charge in [-0.25, -0.2) is 4.79 Å². The molecule has 1 rings (SSSR count). The highest BCUT2D eigenvalue weighted by Crippen LogP contribution is 2.14. The molecule has 0 heterocycles. The predicted octanol–water partition coefficient (Wildman–Crippen LogP) is 0.874. The third kappa shape index (κ3) is 2.12. The Labute approximate surface area is 82.3 Å². The Morgan fingerprint density at radius 3 is 2.50 bits per heavy atom. The summed E-state index contributed by atoms with van der Waals surface area (Å²) in [5.74, 6) is 1.76. The van der Waals surface area contributed by atoms with Crippen molar-refractivity contribution in [3.63, 3.8) is 0 Å². The van der Waals surface area contributed by atoms with Crippen molar-refractivity contribution in [1.82, 2.24) is 0 Å². The maximum Gasteiger partial charge on any atom is 0.339 e. The molecule has 0 fully saturated rings. The van der Waals surface area contributed by atoms with Gasteiger partial charge in [0.15, 0.2) is 6.10 Å². The van der Waals surface area contributed by atoms with Crippen LogP contribution < -0.4 is 0 Å². The fourth-order valence-electron chi connectivity index (χ4n) is 1.01. The maximum atomic E-state index is 11.0. The van der Waals surface area contributed by atoms with Gasteiger partial charge in [-0.1, -0.05) is 18.1 Å². The van der Waals surface area contributed by atoms with Crippen molar-refractivity contribution in [2.75, 3.05) is 7.11 Å². The second-order valence-corrected chi connectivity index (χ2v) is 2.69. The summed E-state index contributed by atoms with van der Waals surface area (Å²) in [4.78, 5) is 11.0. The lowest BCUT2D eigenvalue weighted by atomic mass is 10.1. The summed E-state index contributed by atoms with van der Waals surface area (Å²) in [6, 6.07) is 6.50. The van der Waals surface area contributed by atoms with Crippen LogP contribution in [0.5, 0.6) is 0 Å². The summed E-state index contributed by atoms with van der Waals surface area (Å²) in [5.41, 5.74) is 1.17. The van der Waals surface area contributed by atoms with Crippen LogP contribution >= 0.6 is 0 Å². The van der Waals surface area contributed by atoms with Gasteiger partial charge in [0.1, 0.15) is 0 Å². The summed E-state index contributed by atoms with van der Waals surface area (Å²) >= 11 is 0. The van der Waals surface area contributed by atoms with Gasteiger partial charge >= 0.3 is 5.97 Å². The van der Waals surface area contributed by atoms with Crippen molar-refractivity contribution in [3.05, 3.63) is 35.4 Å². The largest absolute Gasteiger partial charge is 0.467 e. The lowest BCUT2D eigenvalue weighted by molar-refractivity contribution is -0.150. The first-order valence-electron chi connectivity index (χ1n) is 4.01. The molecule has 3 nitrogen and oxygen atoms in total. The van der Waals surface area contributed by atoms with Crippen LogP contribution in [0.4, 0.5) is 0 Å². The van der Waals surface area contributed by atoms with Crippen LogP contribution in [0.15, 0.2) is 24.3 Å². The average molecular weight is 190 g/mol. The molecule has 72 valence electrons. The second kappa shape index (κ2) is 4.45. The van der Waals surface area contributed by atoms with Crippen LogP contribution in [0.2, 0.25) is 0 Å². The first-order valence-corrected chi connectivity index (χ1v) is 4.01. The number of methoxy groups -OCH3 is 1. The highest BCUT2D eigenvalue weighted by Gasteiger charge is 2.16. The molecule has 0 aliphatic carbocycles. The minimum atomic E-state index is -1.24. The van der Waals surface area contributed by atoms with Gasteiger partial charge in [-0.05, 0) is 17.7 Å². The Morgan fingerprint density at radius 2 is 2.07 bits per heavy atom. The van der Waals surface area contributed by atoms with E-state index in [4.69, 9.17) is 6.42 Å². The minimum Gasteiger partial charge on any atom is -0.467 e. The van der Waals surface area contributed by atoms with E-state index in [9.17, 15) is 9.90 Å². The number of esters is 1.